The Kier molecular flexibility index (Phi) is 4.13. The van der Waals surface area contributed by atoms with Crippen molar-refractivity contribution in [3.8, 4) is 11.4 Å². The Morgan fingerprint density at radius 1 is 0.810 bits per heavy atom. The highest BCUT2D eigenvalue weighted by Gasteiger charge is 2.27. The Morgan fingerprint density at radius 2 is 1.38 bits per heavy atom. The maximum atomic E-state index is 4.75. The second kappa shape index (κ2) is 5.55. The molecule has 2 rings (SSSR count). The van der Waals surface area contributed by atoms with Crippen molar-refractivity contribution in [1.82, 2.24) is 15.0 Å². The molecule has 1 aromatic carbocycles. The monoisotopic (exact) mass is 283 g/mol. The highest BCUT2D eigenvalue weighted by Crippen LogP contribution is 2.28. The summed E-state index contributed by atoms with van der Waals surface area (Å²) in [5.74, 6) is 2.50. The zero-order valence-corrected chi connectivity index (χ0v) is 13.9. The molecule has 0 unspecified atom stereocenters. The van der Waals surface area contributed by atoms with Crippen LogP contribution in [-0.4, -0.2) is 15.0 Å². The number of rotatable bonds is 3. The Bertz CT molecular complexity index is 610. The van der Waals surface area contributed by atoms with Gasteiger partial charge in [0.25, 0.3) is 0 Å². The van der Waals surface area contributed by atoms with E-state index in [0.717, 1.165) is 29.5 Å². The van der Waals surface area contributed by atoms with Gasteiger partial charge in [0.15, 0.2) is 5.82 Å². The second-order valence-electron chi connectivity index (χ2n) is 7.16. The molecule has 0 saturated carbocycles. The van der Waals surface area contributed by atoms with E-state index in [9.17, 15) is 0 Å². The van der Waals surface area contributed by atoms with Crippen LogP contribution in [-0.2, 0) is 10.8 Å². The zero-order chi connectivity index (χ0) is 15.7. The third-order valence-corrected chi connectivity index (χ3v) is 3.83. The molecule has 2 aromatic rings. The summed E-state index contributed by atoms with van der Waals surface area (Å²) in [4.78, 5) is 14.2. The lowest BCUT2D eigenvalue weighted by molar-refractivity contribution is 0.453. The van der Waals surface area contributed by atoms with Crippen LogP contribution in [0, 0.1) is 0 Å². The summed E-state index contributed by atoms with van der Waals surface area (Å²) < 4.78 is 0. The van der Waals surface area contributed by atoms with Crippen LogP contribution in [0.15, 0.2) is 30.3 Å². The highest BCUT2D eigenvalue weighted by molar-refractivity contribution is 5.54. The molecule has 3 nitrogen and oxygen atoms in total. The molecule has 0 N–H and O–H groups in total. The van der Waals surface area contributed by atoms with Crippen molar-refractivity contribution in [1.29, 1.82) is 0 Å². The first-order valence-electron chi connectivity index (χ1n) is 7.56. The molecule has 1 heterocycles. The van der Waals surface area contributed by atoms with Gasteiger partial charge in [-0.2, -0.15) is 0 Å². The minimum absolute atomic E-state index is 0.0491. The van der Waals surface area contributed by atoms with Gasteiger partial charge in [-0.15, -0.1) is 0 Å². The average molecular weight is 283 g/mol. The lowest BCUT2D eigenvalue weighted by atomic mass is 9.88. The van der Waals surface area contributed by atoms with Gasteiger partial charge in [0.1, 0.15) is 11.6 Å². The van der Waals surface area contributed by atoms with Crippen LogP contribution in [0.3, 0.4) is 0 Å². The summed E-state index contributed by atoms with van der Waals surface area (Å²) in [7, 11) is 0. The Balaban J connectivity index is 2.64. The van der Waals surface area contributed by atoms with Crippen LogP contribution >= 0.6 is 0 Å². The third-order valence-electron chi connectivity index (χ3n) is 3.83. The quantitative estimate of drug-likeness (QED) is 0.831. The molecular formula is C18H25N3. The van der Waals surface area contributed by atoms with Crippen LogP contribution in [0.5, 0.6) is 0 Å². The molecule has 0 amide bonds. The van der Waals surface area contributed by atoms with Gasteiger partial charge in [0.05, 0.1) is 0 Å². The number of hydrogen-bond acceptors (Lipinski definition) is 3. The number of nitrogens with zero attached hydrogens (tertiary/aromatic N) is 3. The lowest BCUT2D eigenvalue weighted by Crippen LogP contribution is -2.25. The number of hydrogen-bond donors (Lipinski definition) is 0. The minimum atomic E-state index is -0.0922. The van der Waals surface area contributed by atoms with Crippen LogP contribution in [0.1, 0.15) is 59.6 Å². The Labute approximate surface area is 127 Å². The fourth-order valence-corrected chi connectivity index (χ4v) is 1.89. The van der Waals surface area contributed by atoms with Gasteiger partial charge in [0.2, 0.25) is 0 Å². The largest absolute Gasteiger partial charge is 0.217 e. The summed E-state index contributed by atoms with van der Waals surface area (Å²) in [5, 5.41) is 0. The van der Waals surface area contributed by atoms with Crippen molar-refractivity contribution in [2.24, 2.45) is 0 Å². The molecule has 112 valence electrons. The molecule has 3 heteroatoms. The molecule has 21 heavy (non-hydrogen) atoms. The third kappa shape index (κ3) is 3.46. The summed E-state index contributed by atoms with van der Waals surface area (Å²) in [6.07, 6.45) is 0.995. The van der Waals surface area contributed by atoms with Crippen molar-refractivity contribution in [2.45, 2.75) is 58.8 Å². The number of aromatic nitrogens is 3. The smallest absolute Gasteiger partial charge is 0.163 e. The van der Waals surface area contributed by atoms with Gasteiger partial charge in [-0.1, -0.05) is 71.9 Å². The van der Waals surface area contributed by atoms with E-state index >= 15 is 0 Å². The summed E-state index contributed by atoms with van der Waals surface area (Å²) in [6.45, 7) is 13.0. The molecular weight excluding hydrogens is 258 g/mol. The predicted octanol–water partition coefficient (Wildman–Crippen LogP) is 4.52. The van der Waals surface area contributed by atoms with E-state index in [1.165, 1.54) is 0 Å². The molecule has 0 spiro atoms. The Morgan fingerprint density at radius 3 is 1.90 bits per heavy atom. The number of benzene rings is 1. The van der Waals surface area contributed by atoms with E-state index in [4.69, 9.17) is 15.0 Å². The molecule has 0 bridgehead atoms. The maximum Gasteiger partial charge on any atom is 0.163 e. The first-order valence-corrected chi connectivity index (χ1v) is 7.56. The van der Waals surface area contributed by atoms with Gasteiger partial charge >= 0.3 is 0 Å². The lowest BCUT2D eigenvalue weighted by Gasteiger charge is -2.24. The first-order chi connectivity index (χ1) is 9.74. The van der Waals surface area contributed by atoms with Gasteiger partial charge in [-0.25, -0.2) is 15.0 Å². The van der Waals surface area contributed by atoms with Crippen LogP contribution < -0.4 is 0 Å². The summed E-state index contributed by atoms with van der Waals surface area (Å²) >= 11 is 0. The standard InChI is InChI=1S/C18H25N3/c1-7-18(5,6)16-20-14(13-11-9-8-10-12-13)19-15(21-16)17(2,3)4/h8-12H,7H2,1-6H3. The fourth-order valence-electron chi connectivity index (χ4n) is 1.89. The van der Waals surface area contributed by atoms with Gasteiger partial charge in [-0.05, 0) is 6.42 Å². The Hall–Kier alpha value is -1.77. The summed E-state index contributed by atoms with van der Waals surface area (Å²) in [5.41, 5.74) is 0.899. The zero-order valence-electron chi connectivity index (χ0n) is 13.9. The van der Waals surface area contributed by atoms with Crippen LogP contribution in [0.25, 0.3) is 11.4 Å². The molecule has 0 saturated heterocycles. The molecule has 0 radical (unpaired) electrons. The molecule has 0 aliphatic heterocycles. The topological polar surface area (TPSA) is 38.7 Å². The SMILES string of the molecule is CCC(C)(C)c1nc(-c2ccccc2)nc(C(C)(C)C)n1. The van der Waals surface area contributed by atoms with Crippen molar-refractivity contribution in [3.05, 3.63) is 42.0 Å². The normalized spacial score (nSPS) is 12.5. The second-order valence-corrected chi connectivity index (χ2v) is 7.16. The highest BCUT2D eigenvalue weighted by atomic mass is 15.1. The first kappa shape index (κ1) is 15.6. The van der Waals surface area contributed by atoms with E-state index in [1.54, 1.807) is 0 Å². The summed E-state index contributed by atoms with van der Waals surface area (Å²) in [6, 6.07) is 10.1. The van der Waals surface area contributed by atoms with E-state index in [1.807, 2.05) is 30.3 Å². The van der Waals surface area contributed by atoms with E-state index in [0.29, 0.717) is 0 Å². The molecule has 0 fully saturated rings. The van der Waals surface area contributed by atoms with Crippen LogP contribution in [0.4, 0.5) is 0 Å². The van der Waals surface area contributed by atoms with E-state index in [-0.39, 0.29) is 10.8 Å². The van der Waals surface area contributed by atoms with Gasteiger partial charge in [-0.3, -0.25) is 0 Å². The van der Waals surface area contributed by atoms with Crippen molar-refractivity contribution >= 4 is 0 Å². The fraction of sp³-hybridized carbons (Fsp3) is 0.500. The predicted molar refractivity (Wildman–Crippen MR) is 87.3 cm³/mol. The molecule has 0 aliphatic carbocycles. The van der Waals surface area contributed by atoms with Crippen molar-refractivity contribution in [2.75, 3.05) is 0 Å². The van der Waals surface area contributed by atoms with Gasteiger partial charge < -0.3 is 0 Å². The van der Waals surface area contributed by atoms with E-state index in [2.05, 4.69) is 41.5 Å². The molecule has 0 atom stereocenters. The maximum absolute atomic E-state index is 4.75. The van der Waals surface area contributed by atoms with Crippen molar-refractivity contribution in [3.63, 3.8) is 0 Å². The van der Waals surface area contributed by atoms with Crippen molar-refractivity contribution < 1.29 is 0 Å². The molecule has 1 aromatic heterocycles. The van der Waals surface area contributed by atoms with Crippen LogP contribution in [0.2, 0.25) is 0 Å². The minimum Gasteiger partial charge on any atom is -0.217 e. The average Bonchev–Trinajstić information content (AvgIpc) is 2.47. The van der Waals surface area contributed by atoms with Gasteiger partial charge in [0, 0.05) is 16.4 Å². The van der Waals surface area contributed by atoms with E-state index < -0.39 is 0 Å². The molecule has 0 aliphatic rings.